The predicted octanol–water partition coefficient (Wildman–Crippen LogP) is 6.00. The number of aliphatic hydroxyl groups excluding tert-OH is 1. The zero-order valence-corrected chi connectivity index (χ0v) is 27.3. The molecule has 0 radical (unpaired) electrons. The number of nitrogens with zero attached hydrogens (tertiary/aromatic N) is 3. The van der Waals surface area contributed by atoms with Gasteiger partial charge in [-0.3, -0.25) is 19.8 Å². The smallest absolute Gasteiger partial charge is 0.269 e. The van der Waals surface area contributed by atoms with Gasteiger partial charge in [-0.2, -0.15) is 0 Å². The molecule has 4 aromatic carbocycles. The zero-order chi connectivity index (χ0) is 33.6. The minimum atomic E-state index is -0.586. The van der Waals surface area contributed by atoms with Crippen LogP contribution in [0.2, 0.25) is 0 Å². The molecule has 4 atom stereocenters. The third-order valence-electron chi connectivity index (χ3n) is 9.32. The standard InChI is InChI=1S/C38H42N4O6/c1-26-36(24-40-17-19-41(20-18-40)34-13-15-35(16-14-34)42(45)46)47-38(48-37(26)30-11-9-28(25-43)10-12-30)33-8-4-7-32(22-33)31-6-3-5-29(21-31)23-39-27(2)44/h3-16,21-22,26,36-38,43H,17-20,23-25H2,1-2H3,(H,39,44). The lowest BCUT2D eigenvalue weighted by Crippen LogP contribution is -2.51. The van der Waals surface area contributed by atoms with Crippen molar-refractivity contribution in [2.24, 2.45) is 5.92 Å². The van der Waals surface area contributed by atoms with Crippen LogP contribution in [0.25, 0.3) is 11.1 Å². The maximum Gasteiger partial charge on any atom is 0.269 e. The van der Waals surface area contributed by atoms with Crippen LogP contribution in [0.4, 0.5) is 11.4 Å². The molecule has 0 spiro atoms. The normalized spacial score (nSPS) is 21.5. The number of nitro groups is 1. The quantitative estimate of drug-likeness (QED) is 0.159. The van der Waals surface area contributed by atoms with Crippen LogP contribution >= 0.6 is 0 Å². The molecule has 0 aliphatic carbocycles. The molecule has 250 valence electrons. The van der Waals surface area contributed by atoms with Crippen molar-refractivity contribution < 1.29 is 24.3 Å². The number of anilines is 1. The highest BCUT2D eigenvalue weighted by molar-refractivity contribution is 5.73. The second-order valence-electron chi connectivity index (χ2n) is 12.6. The van der Waals surface area contributed by atoms with Crippen molar-refractivity contribution in [2.45, 2.75) is 45.5 Å². The summed E-state index contributed by atoms with van der Waals surface area (Å²) in [5.74, 6) is -0.00716. The molecule has 2 aliphatic heterocycles. The molecule has 2 fully saturated rings. The van der Waals surface area contributed by atoms with Crippen LogP contribution in [0.3, 0.4) is 0 Å². The fourth-order valence-electron chi connectivity index (χ4n) is 6.51. The lowest BCUT2D eigenvalue weighted by molar-refractivity contribution is -0.384. The van der Waals surface area contributed by atoms with Gasteiger partial charge in [0.1, 0.15) is 0 Å². The Balaban J connectivity index is 1.20. The van der Waals surface area contributed by atoms with E-state index in [0.29, 0.717) is 6.54 Å². The molecular formula is C38H42N4O6. The van der Waals surface area contributed by atoms with Crippen LogP contribution in [0.1, 0.15) is 48.5 Å². The highest BCUT2D eigenvalue weighted by Gasteiger charge is 2.39. The summed E-state index contributed by atoms with van der Waals surface area (Å²) in [5.41, 5.74) is 7.01. The molecular weight excluding hydrogens is 608 g/mol. The summed E-state index contributed by atoms with van der Waals surface area (Å²) in [7, 11) is 0. The molecule has 4 unspecified atom stereocenters. The Kier molecular flexibility index (Phi) is 10.5. The van der Waals surface area contributed by atoms with Crippen LogP contribution < -0.4 is 10.2 Å². The van der Waals surface area contributed by atoms with Gasteiger partial charge in [-0.1, -0.05) is 67.6 Å². The first-order valence-corrected chi connectivity index (χ1v) is 16.4. The highest BCUT2D eigenvalue weighted by Crippen LogP contribution is 2.42. The SMILES string of the molecule is CC(=O)NCc1cccc(-c2cccc(C3OC(CN4CCN(c5ccc([N+](=O)[O-])cc5)CC4)C(C)C(c4ccc(CO)cc4)O3)c2)c1. The van der Waals surface area contributed by atoms with E-state index in [0.717, 1.165) is 71.8 Å². The van der Waals surface area contributed by atoms with Gasteiger partial charge in [-0.05, 0) is 52.1 Å². The zero-order valence-electron chi connectivity index (χ0n) is 27.3. The lowest BCUT2D eigenvalue weighted by Gasteiger charge is -2.44. The molecule has 2 saturated heterocycles. The summed E-state index contributed by atoms with van der Waals surface area (Å²) in [4.78, 5) is 26.9. The Morgan fingerprint density at radius 3 is 2.23 bits per heavy atom. The van der Waals surface area contributed by atoms with Crippen molar-refractivity contribution in [1.29, 1.82) is 0 Å². The number of non-ortho nitro benzene ring substituents is 1. The van der Waals surface area contributed by atoms with Gasteiger partial charge in [0.2, 0.25) is 5.91 Å². The van der Waals surface area contributed by atoms with Crippen LogP contribution in [-0.2, 0) is 27.4 Å². The molecule has 2 aliphatic rings. The Morgan fingerprint density at radius 2 is 1.56 bits per heavy atom. The number of piperazine rings is 1. The van der Waals surface area contributed by atoms with Crippen molar-refractivity contribution in [1.82, 2.24) is 10.2 Å². The van der Waals surface area contributed by atoms with Crippen molar-refractivity contribution in [3.63, 3.8) is 0 Å². The van der Waals surface area contributed by atoms with E-state index >= 15 is 0 Å². The number of amides is 1. The average Bonchev–Trinajstić information content (AvgIpc) is 3.12. The predicted molar refractivity (Wildman–Crippen MR) is 184 cm³/mol. The van der Waals surface area contributed by atoms with Crippen LogP contribution in [0.15, 0.2) is 97.1 Å². The van der Waals surface area contributed by atoms with Gasteiger partial charge in [0.15, 0.2) is 6.29 Å². The molecule has 6 rings (SSSR count). The number of hydrogen-bond donors (Lipinski definition) is 2. The van der Waals surface area contributed by atoms with Crippen LogP contribution in [-0.4, -0.2) is 59.7 Å². The number of nitrogens with one attached hydrogen (secondary N) is 1. The van der Waals surface area contributed by atoms with E-state index in [2.05, 4.69) is 46.3 Å². The van der Waals surface area contributed by atoms with Crippen molar-refractivity contribution >= 4 is 17.3 Å². The number of carbonyl (C=O) groups excluding carboxylic acids is 1. The molecule has 10 heteroatoms. The lowest BCUT2D eigenvalue weighted by atomic mass is 9.89. The Morgan fingerprint density at radius 1 is 0.875 bits per heavy atom. The minimum absolute atomic E-state index is 0.0135. The molecule has 10 nitrogen and oxygen atoms in total. The van der Waals surface area contributed by atoms with Crippen molar-refractivity contribution in [3.8, 4) is 11.1 Å². The van der Waals surface area contributed by atoms with Crippen LogP contribution in [0, 0.1) is 16.0 Å². The van der Waals surface area contributed by atoms with Crippen molar-refractivity contribution in [2.75, 3.05) is 37.6 Å². The number of carbonyl (C=O) groups is 1. The highest BCUT2D eigenvalue weighted by atomic mass is 16.7. The van der Waals surface area contributed by atoms with E-state index < -0.39 is 6.29 Å². The summed E-state index contributed by atoms with van der Waals surface area (Å²) in [6.07, 6.45) is -0.910. The molecule has 2 N–H and O–H groups in total. The average molecular weight is 651 g/mol. The van der Waals surface area contributed by atoms with Gasteiger partial charge in [-0.15, -0.1) is 0 Å². The molecule has 48 heavy (non-hydrogen) atoms. The van der Waals surface area contributed by atoms with E-state index in [4.69, 9.17) is 9.47 Å². The third-order valence-corrected chi connectivity index (χ3v) is 9.32. The number of aliphatic hydroxyl groups is 1. The summed E-state index contributed by atoms with van der Waals surface area (Å²) in [6.45, 7) is 8.20. The summed E-state index contributed by atoms with van der Waals surface area (Å²) in [6, 6.07) is 31.1. The second-order valence-corrected chi connectivity index (χ2v) is 12.6. The topological polar surface area (TPSA) is 117 Å². The molecule has 2 heterocycles. The van der Waals surface area contributed by atoms with Crippen LogP contribution in [0.5, 0.6) is 0 Å². The number of ether oxygens (including phenoxy) is 2. The van der Waals surface area contributed by atoms with Gasteiger partial charge < -0.3 is 24.8 Å². The van der Waals surface area contributed by atoms with Crippen molar-refractivity contribution in [3.05, 3.63) is 129 Å². The van der Waals surface area contributed by atoms with Gasteiger partial charge >= 0.3 is 0 Å². The van der Waals surface area contributed by atoms with E-state index in [1.807, 2.05) is 60.7 Å². The number of nitro benzene ring substituents is 1. The van der Waals surface area contributed by atoms with E-state index in [9.17, 15) is 20.0 Å². The fourth-order valence-corrected chi connectivity index (χ4v) is 6.51. The van der Waals surface area contributed by atoms with Gasteiger partial charge in [-0.25, -0.2) is 0 Å². The molecule has 0 saturated carbocycles. The largest absolute Gasteiger partial charge is 0.392 e. The Bertz CT molecular complexity index is 1710. The first kappa shape index (κ1) is 33.3. The fraction of sp³-hybridized carbons (Fsp3) is 0.342. The van der Waals surface area contributed by atoms with E-state index in [1.165, 1.54) is 6.92 Å². The summed E-state index contributed by atoms with van der Waals surface area (Å²) < 4.78 is 13.5. The molecule has 1 amide bonds. The number of benzene rings is 4. The maximum absolute atomic E-state index is 11.5. The number of rotatable bonds is 10. The van der Waals surface area contributed by atoms with Gasteiger partial charge in [0, 0.05) is 75.5 Å². The Labute approximate surface area is 281 Å². The minimum Gasteiger partial charge on any atom is -0.392 e. The maximum atomic E-state index is 11.5. The second kappa shape index (κ2) is 15.1. The van der Waals surface area contributed by atoms with Gasteiger partial charge in [0.05, 0.1) is 23.7 Å². The molecule has 4 aromatic rings. The first-order valence-electron chi connectivity index (χ1n) is 16.4. The number of hydrogen-bond acceptors (Lipinski definition) is 8. The molecule has 0 aromatic heterocycles. The molecule has 0 bridgehead atoms. The monoisotopic (exact) mass is 650 g/mol. The summed E-state index contributed by atoms with van der Waals surface area (Å²) >= 11 is 0. The van der Waals surface area contributed by atoms with Gasteiger partial charge in [0.25, 0.3) is 5.69 Å². The van der Waals surface area contributed by atoms with E-state index in [1.54, 1.807) is 12.1 Å². The summed E-state index contributed by atoms with van der Waals surface area (Å²) in [5, 5.41) is 23.6. The Hall–Kier alpha value is -4.61. The third kappa shape index (κ3) is 7.91. The van der Waals surface area contributed by atoms with E-state index in [-0.39, 0.29) is 41.3 Å². The first-order chi connectivity index (χ1) is 23.3.